The SMILES string of the molecule is Cl.Cl.Cl.Cl.Cl.Cl.Cl.[NaH].[NaH].[NaH].[NaH].[NaH].[NaH].[NaH].[NaH].[NaH].[NaH].[NaH].[NaH].[NaH].[NaH].[NaH].[NaH].[NaH]. The van der Waals surface area contributed by atoms with Crippen molar-refractivity contribution in [3.8, 4) is 0 Å². The van der Waals surface area contributed by atoms with Gasteiger partial charge in [-0.3, -0.25) is 0 Å². The van der Waals surface area contributed by atoms with Crippen LogP contribution in [0.15, 0.2) is 0 Å². The average Bonchev–Trinajstić information content (AvgIpc) is 0. The first-order valence-corrected chi connectivity index (χ1v) is 0. The standard InChI is InChI=1S/7ClH.17Na.17H/h7*1H;;;;;;;;;;;;;;;;;;;;;;;;;;;;;;;;;;. The molecule has 0 nitrogen and oxygen atoms in total. The molecule has 0 fully saturated rings. The Kier molecular flexibility index (Phi) is 1710. The van der Waals surface area contributed by atoms with E-state index in [0.29, 0.717) is 0 Å². The average molecular weight is 663 g/mol. The summed E-state index contributed by atoms with van der Waals surface area (Å²) in [4.78, 5) is 0. The number of hydrogen-bond acceptors (Lipinski definition) is 0. The van der Waals surface area contributed by atoms with E-state index < -0.39 is 0 Å². The fraction of sp³-hybridized carbons (Fsp3) is 0. The molecule has 0 radical (unpaired) electrons. The van der Waals surface area contributed by atoms with Gasteiger partial charge in [-0.25, -0.2) is 0 Å². The monoisotopic (exact) mass is 660 g/mol. The van der Waals surface area contributed by atoms with Gasteiger partial charge in [-0.1, -0.05) is 0 Å². The Morgan fingerprint density at radius 1 is 0.0833 bits per heavy atom. The topological polar surface area (TPSA) is 0 Å². The third kappa shape index (κ3) is 182. The molecule has 0 saturated heterocycles. The summed E-state index contributed by atoms with van der Waals surface area (Å²) in [7, 11) is 0. The van der Waals surface area contributed by atoms with Crippen molar-refractivity contribution in [2.75, 3.05) is 0 Å². The summed E-state index contributed by atoms with van der Waals surface area (Å²) in [5, 5.41) is 0. The van der Waals surface area contributed by atoms with E-state index in [4.69, 9.17) is 0 Å². The molecule has 0 heterocycles. The zero-order valence-electron chi connectivity index (χ0n) is 2.86. The van der Waals surface area contributed by atoms with Crippen molar-refractivity contribution >= 4 is 589 Å². The Labute approximate surface area is 569 Å². The van der Waals surface area contributed by atoms with Crippen LogP contribution in [0.3, 0.4) is 0 Å². The summed E-state index contributed by atoms with van der Waals surface area (Å²) in [6, 6.07) is 0. The van der Waals surface area contributed by atoms with E-state index >= 15 is 0 Å². The van der Waals surface area contributed by atoms with Crippen LogP contribution in [0.4, 0.5) is 0 Å². The van der Waals surface area contributed by atoms with Gasteiger partial charge in [0, 0.05) is 0 Å². The van der Waals surface area contributed by atoms with Gasteiger partial charge in [-0.05, 0) is 0 Å². The van der Waals surface area contributed by atoms with Gasteiger partial charge < -0.3 is 0 Å². The third-order valence-electron chi connectivity index (χ3n) is 0. The fourth-order valence-electron chi connectivity index (χ4n) is 0. The molecule has 90 valence electrons. The van der Waals surface area contributed by atoms with Crippen molar-refractivity contribution in [2.24, 2.45) is 0 Å². The molecule has 0 saturated carbocycles. The van der Waals surface area contributed by atoms with Crippen LogP contribution in [0.25, 0.3) is 0 Å². The van der Waals surface area contributed by atoms with E-state index in [1.54, 1.807) is 0 Å². The first kappa shape index (κ1) is 210. The van der Waals surface area contributed by atoms with Crippen LogP contribution >= 0.6 is 86.8 Å². The molecule has 24 heavy (non-hydrogen) atoms. The Balaban J connectivity index is 0. The second-order valence-corrected chi connectivity index (χ2v) is 0. The van der Waals surface area contributed by atoms with Gasteiger partial charge in [0.25, 0.3) is 0 Å². The van der Waals surface area contributed by atoms with Gasteiger partial charge in [-0.15, -0.1) is 86.8 Å². The van der Waals surface area contributed by atoms with Crippen LogP contribution in [0.5, 0.6) is 0 Å². The minimum atomic E-state index is 0. The maximum atomic E-state index is 0. The molecule has 0 aromatic heterocycles. The Hall–Kier alpha value is 19.0. The Morgan fingerprint density at radius 3 is 0.0833 bits per heavy atom. The van der Waals surface area contributed by atoms with E-state index in [0.717, 1.165) is 0 Å². The molecular formula is H24Cl7Na17. The molecule has 0 unspecified atom stereocenters. The van der Waals surface area contributed by atoms with Crippen LogP contribution in [-0.4, -0.2) is 502 Å². The van der Waals surface area contributed by atoms with Crippen molar-refractivity contribution < 1.29 is 0 Å². The van der Waals surface area contributed by atoms with E-state index in [2.05, 4.69) is 0 Å². The van der Waals surface area contributed by atoms with E-state index in [1.165, 1.54) is 0 Å². The van der Waals surface area contributed by atoms with Crippen molar-refractivity contribution in [1.82, 2.24) is 0 Å². The van der Waals surface area contributed by atoms with Crippen LogP contribution in [-0.2, 0) is 0 Å². The van der Waals surface area contributed by atoms with Crippen LogP contribution in [0, 0.1) is 0 Å². The quantitative estimate of drug-likeness (QED) is 0.227. The third-order valence-corrected chi connectivity index (χ3v) is 0. The van der Waals surface area contributed by atoms with Gasteiger partial charge in [0.2, 0.25) is 0 Å². The van der Waals surface area contributed by atoms with Crippen molar-refractivity contribution in [2.45, 2.75) is 0 Å². The molecule has 0 aromatic rings. The summed E-state index contributed by atoms with van der Waals surface area (Å²) in [6.07, 6.45) is 0. The Bertz CT molecular complexity index is 20.9. The molecule has 24 heteroatoms. The summed E-state index contributed by atoms with van der Waals surface area (Å²) < 4.78 is 0. The van der Waals surface area contributed by atoms with Gasteiger partial charge in [-0.2, -0.15) is 0 Å². The zero-order chi connectivity index (χ0) is 0. The molecule has 0 bridgehead atoms. The predicted octanol–water partition coefficient (Wildman–Crippen LogP) is -8.07. The number of hydrogen-bond donors (Lipinski definition) is 0. The molecule has 0 aliphatic heterocycles. The minimum absolute atomic E-state index is 0. The first-order valence-electron chi connectivity index (χ1n) is 0. The summed E-state index contributed by atoms with van der Waals surface area (Å²) >= 11 is 0. The molecule has 0 aromatic carbocycles. The zero-order valence-corrected chi connectivity index (χ0v) is 8.57. The van der Waals surface area contributed by atoms with Gasteiger partial charge in [0.1, 0.15) is 0 Å². The molecule has 0 rings (SSSR count). The molecule has 0 spiro atoms. The van der Waals surface area contributed by atoms with Crippen LogP contribution < -0.4 is 0 Å². The van der Waals surface area contributed by atoms with Gasteiger partial charge in [0.05, 0.1) is 0 Å². The first-order chi connectivity index (χ1) is 0. The molecule has 0 aliphatic carbocycles. The Morgan fingerprint density at radius 2 is 0.0833 bits per heavy atom. The summed E-state index contributed by atoms with van der Waals surface area (Å²) in [5.41, 5.74) is 0. The van der Waals surface area contributed by atoms with E-state index in [-0.39, 0.29) is 589 Å². The molecule has 0 aliphatic rings. The van der Waals surface area contributed by atoms with Gasteiger partial charge in [0.15, 0.2) is 0 Å². The fourth-order valence-corrected chi connectivity index (χ4v) is 0. The number of halogens is 7. The molecule has 0 N–H and O–H groups in total. The van der Waals surface area contributed by atoms with Crippen molar-refractivity contribution in [3.63, 3.8) is 0 Å². The summed E-state index contributed by atoms with van der Waals surface area (Å²) in [6.45, 7) is 0. The van der Waals surface area contributed by atoms with E-state index in [9.17, 15) is 0 Å². The van der Waals surface area contributed by atoms with Crippen LogP contribution in [0.1, 0.15) is 0 Å². The van der Waals surface area contributed by atoms with Crippen LogP contribution in [0.2, 0.25) is 0 Å². The van der Waals surface area contributed by atoms with Crippen molar-refractivity contribution in [1.29, 1.82) is 0 Å². The van der Waals surface area contributed by atoms with Crippen molar-refractivity contribution in [3.05, 3.63) is 0 Å². The second kappa shape index (κ2) is 195. The number of rotatable bonds is 0. The summed E-state index contributed by atoms with van der Waals surface area (Å²) in [5.74, 6) is 0. The second-order valence-electron chi connectivity index (χ2n) is 0. The molecule has 0 atom stereocenters. The predicted molar refractivity (Wildman–Crippen MR) is 172 cm³/mol. The normalized spacial score (nSPS) is 0. The molecule has 0 amide bonds. The molecular weight excluding hydrogens is 639 g/mol. The van der Waals surface area contributed by atoms with Gasteiger partial charge >= 0.3 is 502 Å². The maximum absolute atomic E-state index is 0. The van der Waals surface area contributed by atoms with E-state index in [1.807, 2.05) is 0 Å².